The summed E-state index contributed by atoms with van der Waals surface area (Å²) in [5.74, 6) is -0.787. The van der Waals surface area contributed by atoms with Gasteiger partial charge in [0.15, 0.2) is 14.1 Å². The molecule has 4 nitrogen and oxygen atoms in total. The van der Waals surface area contributed by atoms with Crippen LogP contribution in [0, 0.1) is 11.8 Å². The van der Waals surface area contributed by atoms with Gasteiger partial charge in [0.2, 0.25) is 0 Å². The average Bonchev–Trinajstić information content (AvgIpc) is 3.17. The summed E-state index contributed by atoms with van der Waals surface area (Å²) in [5.41, 5.74) is 0.225. The van der Waals surface area contributed by atoms with Crippen LogP contribution in [-0.4, -0.2) is 45.1 Å². The van der Waals surface area contributed by atoms with Crippen LogP contribution in [0.25, 0.3) is 0 Å². The van der Waals surface area contributed by atoms with Crippen LogP contribution in [0.4, 0.5) is 0 Å². The molecule has 0 aromatic rings. The third kappa shape index (κ3) is 2.79. The number of hydrogen-bond donors (Lipinski definition) is 1. The van der Waals surface area contributed by atoms with Crippen molar-refractivity contribution in [2.75, 3.05) is 14.2 Å². The molecule has 2 bridgehead atoms. The molecule has 3 rings (SSSR count). The molecule has 4 atom stereocenters. The molecule has 1 saturated carbocycles. The highest BCUT2D eigenvalue weighted by Crippen LogP contribution is 2.59. The Hall–Kier alpha value is -0.463. The van der Waals surface area contributed by atoms with Crippen molar-refractivity contribution in [3.8, 4) is 0 Å². The quantitative estimate of drug-likeness (QED) is 0.453. The summed E-state index contributed by atoms with van der Waals surface area (Å²) in [5, 5.41) is 11.7. The van der Waals surface area contributed by atoms with Gasteiger partial charge in [-0.3, -0.25) is 0 Å². The maximum absolute atomic E-state index is 11.5. The van der Waals surface area contributed by atoms with E-state index in [1.807, 2.05) is 0 Å². The minimum absolute atomic E-state index is 0.0961. The first-order chi connectivity index (χ1) is 11.5. The van der Waals surface area contributed by atoms with Crippen LogP contribution in [0.15, 0.2) is 23.8 Å². The molecule has 1 fully saturated rings. The Labute approximate surface area is 153 Å². The Morgan fingerprint density at radius 2 is 1.80 bits per heavy atom. The van der Waals surface area contributed by atoms with E-state index in [1.54, 1.807) is 14.2 Å². The lowest BCUT2D eigenvalue weighted by atomic mass is 9.80. The highest BCUT2D eigenvalue weighted by Gasteiger charge is 2.65. The first-order valence-electron chi connectivity index (χ1n) is 9.38. The third-order valence-electron chi connectivity index (χ3n) is 7.07. The number of aliphatic hydroxyl groups is 1. The van der Waals surface area contributed by atoms with Crippen LogP contribution in [0.2, 0.25) is 18.1 Å². The standard InChI is InChI=1S/C20H34O4Si/c1-18(2,3)25(6,7)24-16-10-8-14(12-16)19(21)13-15-9-11-17(19)20(15,22-4)23-5/h8-9,11,15-17,21H,10,12-13H2,1-7H3/t15?,16-,17?,19?/m0/s1. The Morgan fingerprint density at radius 3 is 2.32 bits per heavy atom. The van der Waals surface area contributed by atoms with E-state index in [1.165, 1.54) is 0 Å². The number of rotatable bonds is 5. The van der Waals surface area contributed by atoms with Crippen LogP contribution >= 0.6 is 0 Å². The molecular formula is C20H34O4Si. The van der Waals surface area contributed by atoms with E-state index >= 15 is 0 Å². The molecule has 0 aromatic heterocycles. The van der Waals surface area contributed by atoms with E-state index in [0.717, 1.165) is 18.4 Å². The molecule has 0 amide bonds. The monoisotopic (exact) mass is 366 g/mol. The summed E-state index contributed by atoms with van der Waals surface area (Å²) in [7, 11) is 1.55. The average molecular weight is 367 g/mol. The van der Waals surface area contributed by atoms with Crippen molar-refractivity contribution < 1.29 is 19.0 Å². The van der Waals surface area contributed by atoms with Gasteiger partial charge in [0, 0.05) is 20.1 Å². The van der Waals surface area contributed by atoms with Crippen molar-refractivity contribution in [1.82, 2.24) is 0 Å². The Balaban J connectivity index is 1.74. The third-order valence-corrected chi connectivity index (χ3v) is 11.6. The SMILES string of the molecule is COC1(OC)C2C=CC1C(O)(C1=CC[C@H](O[Si](C)(C)C(C)(C)C)C1)C2. The van der Waals surface area contributed by atoms with E-state index in [0.29, 0.717) is 6.42 Å². The molecule has 0 heterocycles. The van der Waals surface area contributed by atoms with E-state index in [-0.39, 0.29) is 23.0 Å². The number of ether oxygens (including phenoxy) is 2. The van der Waals surface area contributed by atoms with Gasteiger partial charge in [-0.2, -0.15) is 0 Å². The maximum atomic E-state index is 11.5. The molecule has 142 valence electrons. The summed E-state index contributed by atoms with van der Waals surface area (Å²) in [6.45, 7) is 11.4. The Kier molecular flexibility index (Phi) is 4.65. The van der Waals surface area contributed by atoms with Gasteiger partial charge in [0.05, 0.1) is 17.6 Å². The lowest BCUT2D eigenvalue weighted by molar-refractivity contribution is -0.238. The van der Waals surface area contributed by atoms with E-state index in [4.69, 9.17) is 13.9 Å². The van der Waals surface area contributed by atoms with Crippen LogP contribution < -0.4 is 0 Å². The fraction of sp³-hybridized carbons (Fsp3) is 0.800. The second-order valence-corrected chi connectivity index (χ2v) is 14.2. The molecule has 25 heavy (non-hydrogen) atoms. The van der Waals surface area contributed by atoms with Crippen LogP contribution in [0.5, 0.6) is 0 Å². The molecule has 0 radical (unpaired) electrons. The van der Waals surface area contributed by atoms with Crippen molar-refractivity contribution in [1.29, 1.82) is 0 Å². The molecule has 3 aliphatic rings. The highest BCUT2D eigenvalue weighted by molar-refractivity contribution is 6.74. The fourth-order valence-electron chi connectivity index (χ4n) is 4.60. The molecule has 0 aliphatic heterocycles. The van der Waals surface area contributed by atoms with Gasteiger partial charge in [-0.25, -0.2) is 0 Å². The lowest BCUT2D eigenvalue weighted by Crippen LogP contribution is -2.46. The maximum Gasteiger partial charge on any atom is 0.192 e. The summed E-state index contributed by atoms with van der Waals surface area (Å²) < 4.78 is 18.1. The van der Waals surface area contributed by atoms with Crippen LogP contribution in [-0.2, 0) is 13.9 Å². The van der Waals surface area contributed by atoms with Gasteiger partial charge in [0.1, 0.15) is 0 Å². The second kappa shape index (κ2) is 6.03. The molecule has 1 N–H and O–H groups in total. The van der Waals surface area contributed by atoms with Gasteiger partial charge in [-0.15, -0.1) is 0 Å². The zero-order chi connectivity index (χ0) is 18.7. The molecule has 3 unspecified atom stereocenters. The minimum atomic E-state index is -1.80. The molecule has 3 aliphatic carbocycles. The summed E-state index contributed by atoms with van der Waals surface area (Å²) in [6.07, 6.45) is 8.94. The normalized spacial score (nSPS) is 37.0. The van der Waals surface area contributed by atoms with Gasteiger partial charge in [-0.1, -0.05) is 39.0 Å². The highest BCUT2D eigenvalue weighted by atomic mass is 28.4. The lowest BCUT2D eigenvalue weighted by Gasteiger charge is -2.39. The fourth-order valence-corrected chi connectivity index (χ4v) is 5.97. The van der Waals surface area contributed by atoms with E-state index < -0.39 is 19.7 Å². The zero-order valence-corrected chi connectivity index (χ0v) is 17.8. The van der Waals surface area contributed by atoms with Gasteiger partial charge < -0.3 is 19.0 Å². The van der Waals surface area contributed by atoms with Crippen molar-refractivity contribution in [2.24, 2.45) is 11.8 Å². The van der Waals surface area contributed by atoms with Gasteiger partial charge in [-0.05, 0) is 43.0 Å². The number of hydrogen-bond acceptors (Lipinski definition) is 4. The van der Waals surface area contributed by atoms with E-state index in [9.17, 15) is 5.11 Å². The van der Waals surface area contributed by atoms with E-state index in [2.05, 4.69) is 52.1 Å². The topological polar surface area (TPSA) is 47.9 Å². The van der Waals surface area contributed by atoms with Crippen molar-refractivity contribution in [3.05, 3.63) is 23.8 Å². The predicted octanol–water partition coefficient (Wildman–Crippen LogP) is 4.02. The molecule has 0 aromatic carbocycles. The smallest absolute Gasteiger partial charge is 0.192 e. The summed E-state index contributed by atoms with van der Waals surface area (Å²) in [4.78, 5) is 0. The Morgan fingerprint density at radius 1 is 1.16 bits per heavy atom. The second-order valence-electron chi connectivity index (χ2n) is 9.40. The number of methoxy groups -OCH3 is 2. The predicted molar refractivity (Wildman–Crippen MR) is 102 cm³/mol. The largest absolute Gasteiger partial charge is 0.413 e. The van der Waals surface area contributed by atoms with Crippen LogP contribution in [0.3, 0.4) is 0 Å². The van der Waals surface area contributed by atoms with Crippen molar-refractivity contribution in [2.45, 2.75) is 75.7 Å². The molecule has 0 spiro atoms. The summed E-state index contributed by atoms with van der Waals surface area (Å²) in [6, 6.07) is 0. The van der Waals surface area contributed by atoms with Crippen molar-refractivity contribution >= 4 is 8.32 Å². The van der Waals surface area contributed by atoms with Crippen LogP contribution in [0.1, 0.15) is 40.0 Å². The number of fused-ring (bicyclic) bond motifs is 2. The van der Waals surface area contributed by atoms with Gasteiger partial charge in [0.25, 0.3) is 0 Å². The summed E-state index contributed by atoms with van der Waals surface area (Å²) >= 11 is 0. The minimum Gasteiger partial charge on any atom is -0.413 e. The first kappa shape index (κ1) is 19.3. The first-order valence-corrected chi connectivity index (χ1v) is 12.3. The molecular weight excluding hydrogens is 332 g/mol. The molecule has 0 saturated heterocycles. The van der Waals surface area contributed by atoms with Gasteiger partial charge >= 0.3 is 0 Å². The Bertz CT molecular complexity index is 585. The zero-order valence-electron chi connectivity index (χ0n) is 16.8. The molecule has 5 heteroatoms. The van der Waals surface area contributed by atoms with Crippen molar-refractivity contribution in [3.63, 3.8) is 0 Å².